The van der Waals surface area contributed by atoms with Crippen LogP contribution in [0.1, 0.15) is 121 Å². The fraction of sp³-hybridized carbons (Fsp3) is 0.214. The summed E-state index contributed by atoms with van der Waals surface area (Å²) in [7, 11) is 0. The third-order valence-electron chi connectivity index (χ3n) is 12.4. The van der Waals surface area contributed by atoms with E-state index in [4.69, 9.17) is 9.47 Å². The molecule has 0 saturated heterocycles. The summed E-state index contributed by atoms with van der Waals surface area (Å²) in [6.45, 7) is 17.5. The topological polar surface area (TPSA) is 52.6 Å². The minimum Gasteiger partial charge on any atom is -0.423 e. The van der Waals surface area contributed by atoms with Gasteiger partial charge in [0.2, 0.25) is 0 Å². The average molecular weight is 791 g/mol. The van der Waals surface area contributed by atoms with Crippen LogP contribution < -0.4 is 9.47 Å². The highest BCUT2D eigenvalue weighted by Crippen LogP contribution is 2.47. The normalized spacial score (nSPS) is 12.1. The number of carbonyl (C=O) groups excluding carboxylic acids is 2. The van der Waals surface area contributed by atoms with E-state index in [9.17, 15) is 9.59 Å². The lowest BCUT2D eigenvalue weighted by molar-refractivity contribution is 0.0731. The average Bonchev–Trinajstić information content (AvgIpc) is 3.27. The van der Waals surface area contributed by atoms with Crippen molar-refractivity contribution >= 4 is 11.9 Å². The summed E-state index contributed by atoms with van der Waals surface area (Å²) in [6, 6.07) is 59.8. The molecule has 302 valence electrons. The van der Waals surface area contributed by atoms with E-state index in [1.54, 1.807) is 24.3 Å². The van der Waals surface area contributed by atoms with Crippen molar-refractivity contribution in [1.82, 2.24) is 0 Å². The maximum absolute atomic E-state index is 14.3. The molecule has 0 aromatic heterocycles. The Morgan fingerprint density at radius 3 is 0.933 bits per heavy atom. The van der Waals surface area contributed by atoms with Gasteiger partial charge in [-0.3, -0.25) is 0 Å². The summed E-state index contributed by atoms with van der Waals surface area (Å²) in [5, 5.41) is 0. The van der Waals surface area contributed by atoms with Crippen LogP contribution >= 0.6 is 0 Å². The molecule has 0 saturated carbocycles. The molecule has 0 atom stereocenters. The van der Waals surface area contributed by atoms with Crippen LogP contribution in [0.5, 0.6) is 11.5 Å². The Kier molecular flexibility index (Phi) is 11.5. The van der Waals surface area contributed by atoms with Gasteiger partial charge in [0, 0.05) is 32.8 Å². The molecule has 7 aromatic rings. The van der Waals surface area contributed by atoms with Crippen LogP contribution in [0, 0.1) is 0 Å². The molecule has 0 fully saturated rings. The van der Waals surface area contributed by atoms with Gasteiger partial charge < -0.3 is 9.47 Å². The number of esters is 2. The van der Waals surface area contributed by atoms with E-state index in [0.717, 1.165) is 44.5 Å². The van der Waals surface area contributed by atoms with Crippen molar-refractivity contribution in [3.63, 3.8) is 0 Å². The van der Waals surface area contributed by atoms with Crippen LogP contribution in [0.15, 0.2) is 182 Å². The highest BCUT2D eigenvalue weighted by atomic mass is 16.5. The number of benzene rings is 7. The van der Waals surface area contributed by atoms with Crippen LogP contribution in [0.3, 0.4) is 0 Å². The van der Waals surface area contributed by atoms with Crippen LogP contribution in [0.25, 0.3) is 0 Å². The number of rotatable bonds is 12. The van der Waals surface area contributed by atoms with E-state index < -0.39 is 33.6 Å². The Morgan fingerprint density at radius 1 is 0.333 bits per heavy atom. The lowest BCUT2D eigenvalue weighted by atomic mass is 9.68. The Balaban J connectivity index is 1.25. The molecule has 7 aromatic carbocycles. The van der Waals surface area contributed by atoms with Gasteiger partial charge in [-0.1, -0.05) is 207 Å². The minimum absolute atomic E-state index is 0.240. The molecule has 0 amide bonds. The highest BCUT2D eigenvalue weighted by molar-refractivity contribution is 5.97. The minimum atomic E-state index is -0.568. The van der Waals surface area contributed by atoms with Gasteiger partial charge in [0.15, 0.2) is 0 Å². The van der Waals surface area contributed by atoms with Gasteiger partial charge >= 0.3 is 11.9 Å². The van der Waals surface area contributed by atoms with E-state index in [2.05, 4.69) is 116 Å². The lowest BCUT2D eigenvalue weighted by Gasteiger charge is -2.36. The van der Waals surface area contributed by atoms with Crippen molar-refractivity contribution in [2.45, 2.75) is 77.0 Å². The molecule has 0 N–H and O–H groups in total. The third-order valence-corrected chi connectivity index (χ3v) is 12.4. The van der Waals surface area contributed by atoms with Crippen molar-refractivity contribution in [2.75, 3.05) is 0 Å². The van der Waals surface area contributed by atoms with Crippen molar-refractivity contribution in [2.24, 2.45) is 0 Å². The molecule has 4 heteroatoms. The van der Waals surface area contributed by atoms with Gasteiger partial charge in [0.25, 0.3) is 0 Å². The molecule has 4 nitrogen and oxygen atoms in total. The van der Waals surface area contributed by atoms with Gasteiger partial charge in [-0.2, -0.15) is 0 Å². The standard InChI is InChI=1S/C56H54O4/c1-53(2,41-26-13-9-14-27-41)45-34-22-36-47(49(45)55(5,6)43-30-17-11-18-31-43)59-51(57)39-24-21-25-40(38-39)52(58)60-48-37-23-35-46(54(3,4)42-28-15-10-16-29-42)50(48)56(7,8)44-32-19-12-20-33-44/h9-38H,1-8H3. The number of carbonyl (C=O) groups is 2. The first-order chi connectivity index (χ1) is 28.6. The Hall–Kier alpha value is -6.52. The Morgan fingerprint density at radius 2 is 0.617 bits per heavy atom. The van der Waals surface area contributed by atoms with Crippen molar-refractivity contribution in [3.05, 3.63) is 238 Å². The van der Waals surface area contributed by atoms with Gasteiger partial charge in [-0.15, -0.1) is 0 Å². The third kappa shape index (κ3) is 8.07. The van der Waals surface area contributed by atoms with E-state index >= 15 is 0 Å². The predicted molar refractivity (Wildman–Crippen MR) is 244 cm³/mol. The zero-order valence-electron chi connectivity index (χ0n) is 36.0. The molecule has 7 rings (SSSR count). The summed E-state index contributed by atoms with van der Waals surface area (Å²) < 4.78 is 12.8. The van der Waals surface area contributed by atoms with Gasteiger partial charge in [0.1, 0.15) is 11.5 Å². The quantitative estimate of drug-likeness (QED) is 0.0914. The number of ether oxygens (including phenoxy) is 2. The summed E-state index contributed by atoms with van der Waals surface area (Å²) in [5.74, 6) is -0.202. The molecule has 0 unspecified atom stereocenters. The molecule has 0 heterocycles. The van der Waals surface area contributed by atoms with Crippen LogP contribution in [-0.2, 0) is 21.7 Å². The molecule has 0 bridgehead atoms. The van der Waals surface area contributed by atoms with Gasteiger partial charge in [-0.25, -0.2) is 9.59 Å². The Labute approximate surface area is 355 Å². The second kappa shape index (κ2) is 16.6. The maximum Gasteiger partial charge on any atom is 0.343 e. The van der Waals surface area contributed by atoms with Gasteiger partial charge in [0.05, 0.1) is 11.1 Å². The fourth-order valence-electron chi connectivity index (χ4n) is 8.67. The number of hydrogen-bond donors (Lipinski definition) is 0. The fourth-order valence-corrected chi connectivity index (χ4v) is 8.67. The first-order valence-electron chi connectivity index (χ1n) is 20.7. The second-order valence-electron chi connectivity index (χ2n) is 17.7. The van der Waals surface area contributed by atoms with Crippen LogP contribution in [0.2, 0.25) is 0 Å². The van der Waals surface area contributed by atoms with Crippen LogP contribution in [0.4, 0.5) is 0 Å². The highest BCUT2D eigenvalue weighted by Gasteiger charge is 2.38. The zero-order valence-corrected chi connectivity index (χ0v) is 36.0. The smallest absolute Gasteiger partial charge is 0.343 e. The summed E-state index contributed by atoms with van der Waals surface area (Å²) in [6.07, 6.45) is 0. The summed E-state index contributed by atoms with van der Waals surface area (Å²) in [4.78, 5) is 28.5. The van der Waals surface area contributed by atoms with Crippen molar-refractivity contribution in [1.29, 1.82) is 0 Å². The molecule has 60 heavy (non-hydrogen) atoms. The number of hydrogen-bond acceptors (Lipinski definition) is 4. The second-order valence-corrected chi connectivity index (χ2v) is 17.7. The van der Waals surface area contributed by atoms with E-state index in [1.807, 2.05) is 97.1 Å². The summed E-state index contributed by atoms with van der Waals surface area (Å²) in [5.41, 5.74) is 6.98. The summed E-state index contributed by atoms with van der Waals surface area (Å²) >= 11 is 0. The van der Waals surface area contributed by atoms with E-state index in [0.29, 0.717) is 11.5 Å². The SMILES string of the molecule is CC(C)(c1ccccc1)c1cccc(OC(=O)c2cccc(C(=O)Oc3cccc(C(C)(C)c4ccccc4)c3C(C)(C)c3ccccc3)c2)c1C(C)(C)c1ccccc1. The van der Waals surface area contributed by atoms with E-state index in [1.165, 1.54) is 0 Å². The largest absolute Gasteiger partial charge is 0.423 e. The molecule has 0 aliphatic rings. The predicted octanol–water partition coefficient (Wildman–Crippen LogP) is 13.4. The molecule has 0 aliphatic carbocycles. The first-order valence-corrected chi connectivity index (χ1v) is 20.7. The molecule has 0 spiro atoms. The van der Waals surface area contributed by atoms with E-state index in [-0.39, 0.29) is 11.1 Å². The lowest BCUT2D eigenvalue weighted by Crippen LogP contribution is -2.29. The van der Waals surface area contributed by atoms with Crippen molar-refractivity contribution < 1.29 is 19.1 Å². The molecular formula is C56H54O4. The van der Waals surface area contributed by atoms with Crippen LogP contribution in [-0.4, -0.2) is 11.9 Å². The molecule has 0 radical (unpaired) electrons. The monoisotopic (exact) mass is 790 g/mol. The van der Waals surface area contributed by atoms with Gasteiger partial charge in [-0.05, 0) is 63.7 Å². The first kappa shape index (κ1) is 41.6. The van der Waals surface area contributed by atoms with Crippen molar-refractivity contribution in [3.8, 4) is 11.5 Å². The molecular weight excluding hydrogens is 737 g/mol. The maximum atomic E-state index is 14.3. The Bertz CT molecular complexity index is 2420. The molecule has 0 aliphatic heterocycles. The zero-order chi connectivity index (χ0) is 42.7.